The molecule has 0 radical (unpaired) electrons. The Morgan fingerprint density at radius 2 is 0.968 bits per heavy atom. The highest BCUT2D eigenvalue weighted by molar-refractivity contribution is 5.70. The van der Waals surface area contributed by atoms with Gasteiger partial charge in [-0.25, -0.2) is 0 Å². The van der Waals surface area contributed by atoms with Gasteiger partial charge in [0, 0.05) is 19.3 Å². The van der Waals surface area contributed by atoms with Crippen molar-refractivity contribution in [3.05, 3.63) is 97.2 Å². The van der Waals surface area contributed by atoms with Crippen molar-refractivity contribution in [2.45, 2.75) is 187 Å². The summed E-state index contributed by atoms with van der Waals surface area (Å²) in [5.74, 6) is -1.80. The Morgan fingerprint density at radius 3 is 1.47 bits per heavy atom. The Bertz CT molecular complexity index is 1330. The van der Waals surface area contributed by atoms with E-state index in [1.54, 1.807) is 21.1 Å². The number of carbonyl (C=O) groups is 3. The highest BCUT2D eigenvalue weighted by Crippen LogP contribution is 2.12. The smallest absolute Gasteiger partial charge is 0.306 e. The second-order valence-electron chi connectivity index (χ2n) is 17.0. The first-order valence-electron chi connectivity index (χ1n) is 24.3. The van der Waals surface area contributed by atoms with Gasteiger partial charge in [0.1, 0.15) is 12.6 Å². The van der Waals surface area contributed by atoms with Crippen molar-refractivity contribution in [2.75, 3.05) is 41.0 Å². The Morgan fingerprint density at radius 1 is 0.516 bits per heavy atom. The Hall–Kier alpha value is -3.75. The second-order valence-corrected chi connectivity index (χ2v) is 17.0. The van der Waals surface area contributed by atoms with Gasteiger partial charge in [-0.2, -0.15) is 0 Å². The van der Waals surface area contributed by atoms with E-state index in [0.717, 1.165) is 109 Å². The minimum Gasteiger partial charge on any atom is -0.544 e. The Labute approximate surface area is 379 Å². The summed E-state index contributed by atoms with van der Waals surface area (Å²) in [4.78, 5) is 37.0. The number of carbonyl (C=O) groups excluding carboxylic acids is 3. The number of aliphatic carboxylic acids is 1. The molecule has 0 aromatic carbocycles. The number of allylic oxidation sites excluding steroid dienone is 16. The van der Waals surface area contributed by atoms with E-state index in [1.807, 2.05) is 0 Å². The molecule has 0 aliphatic carbocycles. The summed E-state index contributed by atoms with van der Waals surface area (Å²) in [7, 11) is 5.39. The van der Waals surface area contributed by atoms with Crippen molar-refractivity contribution in [1.29, 1.82) is 0 Å². The fourth-order valence-corrected chi connectivity index (χ4v) is 6.51. The van der Waals surface area contributed by atoms with E-state index in [9.17, 15) is 19.5 Å². The lowest BCUT2D eigenvalue weighted by molar-refractivity contribution is -0.889. The van der Waals surface area contributed by atoms with Gasteiger partial charge in [-0.3, -0.25) is 9.59 Å². The van der Waals surface area contributed by atoms with Gasteiger partial charge >= 0.3 is 11.9 Å². The number of ether oxygens (including phenoxy) is 3. The molecular weight excluding hydrogens is 775 g/mol. The van der Waals surface area contributed by atoms with Crippen LogP contribution < -0.4 is 5.11 Å². The van der Waals surface area contributed by atoms with E-state index in [2.05, 4.69) is 111 Å². The van der Waals surface area contributed by atoms with E-state index >= 15 is 0 Å². The van der Waals surface area contributed by atoms with Crippen LogP contribution in [0.25, 0.3) is 0 Å². The number of carboxylic acid groups (broad SMARTS) is 1. The summed E-state index contributed by atoms with van der Waals surface area (Å²) in [6, 6.07) is -0.740. The molecule has 2 unspecified atom stereocenters. The predicted molar refractivity (Wildman–Crippen MR) is 258 cm³/mol. The first-order chi connectivity index (χ1) is 30.1. The van der Waals surface area contributed by atoms with Crippen LogP contribution >= 0.6 is 0 Å². The summed E-state index contributed by atoms with van der Waals surface area (Å²) >= 11 is 0. The molecule has 0 heterocycles. The summed E-state index contributed by atoms with van der Waals surface area (Å²) < 4.78 is 17.2. The molecule has 0 rings (SSSR count). The molecule has 0 aliphatic heterocycles. The van der Waals surface area contributed by atoms with Crippen LogP contribution in [0.1, 0.15) is 174 Å². The second kappa shape index (κ2) is 43.9. The van der Waals surface area contributed by atoms with Crippen molar-refractivity contribution in [1.82, 2.24) is 0 Å². The highest BCUT2D eigenvalue weighted by Gasteiger charge is 2.25. The lowest BCUT2D eigenvalue weighted by Gasteiger charge is -2.34. The number of quaternary nitrogens is 1. The third-order valence-electron chi connectivity index (χ3n) is 10.3. The zero-order chi connectivity index (χ0) is 45.6. The molecule has 8 nitrogen and oxygen atoms in total. The summed E-state index contributed by atoms with van der Waals surface area (Å²) in [6.45, 7) is 4.47. The zero-order valence-corrected chi connectivity index (χ0v) is 40.0. The van der Waals surface area contributed by atoms with E-state index in [1.165, 1.54) is 32.1 Å². The van der Waals surface area contributed by atoms with Crippen LogP contribution in [0, 0.1) is 0 Å². The molecule has 0 spiro atoms. The van der Waals surface area contributed by atoms with E-state index < -0.39 is 18.1 Å². The summed E-state index contributed by atoms with van der Waals surface area (Å²) in [5.41, 5.74) is 0. The number of unbranched alkanes of at least 4 members (excludes halogenated alkanes) is 14. The molecule has 0 saturated heterocycles. The molecule has 62 heavy (non-hydrogen) atoms. The molecule has 8 heteroatoms. The number of hydrogen-bond acceptors (Lipinski definition) is 7. The quantitative estimate of drug-likeness (QED) is 0.0198. The lowest BCUT2D eigenvalue weighted by Crippen LogP contribution is -2.55. The van der Waals surface area contributed by atoms with Crippen molar-refractivity contribution >= 4 is 17.9 Å². The average Bonchev–Trinajstić information content (AvgIpc) is 3.23. The monoisotopic (exact) mass is 864 g/mol. The average molecular weight is 864 g/mol. The van der Waals surface area contributed by atoms with Crippen LogP contribution in [0.5, 0.6) is 0 Å². The van der Waals surface area contributed by atoms with Crippen LogP contribution in [0.2, 0.25) is 0 Å². The molecule has 352 valence electrons. The fraction of sp³-hybridized carbons (Fsp3) is 0.648. The van der Waals surface area contributed by atoms with E-state index in [-0.39, 0.29) is 49.1 Å². The minimum atomic E-state index is -1.14. The molecule has 0 aromatic rings. The number of nitrogens with zero attached hydrogens (tertiary/aromatic N) is 1. The third kappa shape index (κ3) is 41.6. The first kappa shape index (κ1) is 58.2. The van der Waals surface area contributed by atoms with Gasteiger partial charge in [0.2, 0.25) is 0 Å². The first-order valence-corrected chi connectivity index (χ1v) is 24.3. The van der Waals surface area contributed by atoms with Crippen molar-refractivity contribution < 1.29 is 38.2 Å². The van der Waals surface area contributed by atoms with Crippen LogP contribution in [0.3, 0.4) is 0 Å². The molecule has 0 fully saturated rings. The topological polar surface area (TPSA) is 102 Å². The van der Waals surface area contributed by atoms with Gasteiger partial charge in [0.05, 0.1) is 40.3 Å². The van der Waals surface area contributed by atoms with Gasteiger partial charge in [-0.15, -0.1) is 0 Å². The normalized spacial score (nSPS) is 13.8. The number of rotatable bonds is 42. The maximum absolute atomic E-state index is 12.8. The van der Waals surface area contributed by atoms with Gasteiger partial charge in [-0.1, -0.05) is 169 Å². The van der Waals surface area contributed by atoms with Crippen molar-refractivity contribution in [3.63, 3.8) is 0 Å². The molecule has 0 aliphatic rings. The van der Waals surface area contributed by atoms with Crippen LogP contribution in [0.15, 0.2) is 97.2 Å². The molecule has 0 N–H and O–H groups in total. The SMILES string of the molecule is CC/C=C/C/C=C/C/C=C/C/C=C/C/C=C/CCCCCCC(=O)OCC(COCCC(C(=O)[O-])[N+](C)(C)C)OC(=O)CCCCCCC/C=C/C=C/C=C/CCCCCCC. The highest BCUT2D eigenvalue weighted by atomic mass is 16.6. The molecule has 0 aromatic heterocycles. The molecule has 0 bridgehead atoms. The minimum absolute atomic E-state index is 0.0177. The van der Waals surface area contributed by atoms with E-state index in [4.69, 9.17) is 14.2 Å². The van der Waals surface area contributed by atoms with E-state index in [0.29, 0.717) is 6.42 Å². The Kier molecular flexibility index (Phi) is 41.2. The van der Waals surface area contributed by atoms with Gasteiger partial charge in [0.15, 0.2) is 6.10 Å². The summed E-state index contributed by atoms with van der Waals surface area (Å²) in [5, 5.41) is 11.7. The van der Waals surface area contributed by atoms with Gasteiger partial charge < -0.3 is 28.6 Å². The van der Waals surface area contributed by atoms with Crippen LogP contribution in [0.4, 0.5) is 0 Å². The lowest BCUT2D eigenvalue weighted by atomic mass is 10.1. The molecule has 0 amide bonds. The summed E-state index contributed by atoms with van der Waals surface area (Å²) in [6.07, 6.45) is 58.6. The van der Waals surface area contributed by atoms with Crippen LogP contribution in [-0.2, 0) is 28.6 Å². The van der Waals surface area contributed by atoms with Crippen molar-refractivity contribution in [3.8, 4) is 0 Å². The number of hydrogen-bond donors (Lipinski definition) is 0. The van der Waals surface area contributed by atoms with Gasteiger partial charge in [-0.05, 0) is 83.5 Å². The Balaban J connectivity index is 4.41. The number of likely N-dealkylation sites (N-methyl/N-ethyl adjacent to an activating group) is 1. The maximum Gasteiger partial charge on any atom is 0.306 e. The molecule has 0 saturated carbocycles. The van der Waals surface area contributed by atoms with Crippen LogP contribution in [-0.4, -0.2) is 75.5 Å². The van der Waals surface area contributed by atoms with Gasteiger partial charge in [0.25, 0.3) is 0 Å². The molecular formula is C54H89NO7. The predicted octanol–water partition coefficient (Wildman–Crippen LogP) is 12.5. The fourth-order valence-electron chi connectivity index (χ4n) is 6.51. The number of carboxylic acids is 1. The standard InChI is InChI=1S/C54H89NO7/c1-6-8-10-12-14-16-18-20-22-24-26-27-29-30-32-34-36-38-40-42-44-52(56)61-49-50(48-60-47-46-51(54(58)59)55(3,4)5)62-53(57)45-43-41-39-37-35-33-31-28-25-23-21-19-17-15-13-11-9-7-2/h8,10,14,16,19-23,25-28,30-32,50-51H,6-7,9,11-13,15,17-18,24,29,33-49H2,1-5H3/b10-8+,16-14+,21-19+,22-20+,25-23+,27-26+,31-28+,32-30+. The third-order valence-corrected chi connectivity index (χ3v) is 10.3. The largest absolute Gasteiger partial charge is 0.544 e. The maximum atomic E-state index is 12.8. The molecule has 2 atom stereocenters. The number of esters is 2. The zero-order valence-electron chi connectivity index (χ0n) is 40.0. The van der Waals surface area contributed by atoms with Crippen molar-refractivity contribution in [2.24, 2.45) is 0 Å².